The molecule has 0 aromatic heterocycles. The van der Waals surface area contributed by atoms with E-state index >= 15 is 0 Å². The monoisotopic (exact) mass is 300 g/mol. The van der Waals surface area contributed by atoms with Gasteiger partial charge in [-0.3, -0.25) is 4.90 Å². The van der Waals surface area contributed by atoms with Gasteiger partial charge in [0.15, 0.2) is 0 Å². The third-order valence-electron chi connectivity index (χ3n) is 4.42. The van der Waals surface area contributed by atoms with E-state index < -0.39 is 0 Å². The minimum absolute atomic E-state index is 0.358. The quantitative estimate of drug-likeness (QED) is 0.915. The summed E-state index contributed by atoms with van der Waals surface area (Å²) in [6.45, 7) is 7.49. The van der Waals surface area contributed by atoms with Crippen molar-refractivity contribution in [3.63, 3.8) is 0 Å². The minimum Gasteiger partial charge on any atom is -0.330 e. The molecule has 2 rings (SSSR count). The molecule has 3 atom stereocenters. The molecule has 4 heteroatoms. The predicted molar refractivity (Wildman–Crippen MR) is 82.8 cm³/mol. The SMILES string of the molecule is CC1CCN(C(C)c2ccc(Cl)c(Cl)c2)CC1CN. The third-order valence-corrected chi connectivity index (χ3v) is 5.16. The van der Waals surface area contributed by atoms with E-state index in [2.05, 4.69) is 24.8 Å². The van der Waals surface area contributed by atoms with E-state index in [0.717, 1.165) is 25.6 Å². The molecule has 1 aliphatic rings. The topological polar surface area (TPSA) is 29.3 Å². The maximum atomic E-state index is 6.11. The van der Waals surface area contributed by atoms with E-state index in [-0.39, 0.29) is 0 Å². The van der Waals surface area contributed by atoms with Gasteiger partial charge in [-0.15, -0.1) is 0 Å². The Balaban J connectivity index is 2.10. The zero-order valence-electron chi connectivity index (χ0n) is 11.6. The number of nitrogens with zero attached hydrogens (tertiary/aromatic N) is 1. The Hall–Kier alpha value is -0.280. The van der Waals surface area contributed by atoms with Crippen LogP contribution in [0.1, 0.15) is 31.9 Å². The Labute approximate surface area is 125 Å². The van der Waals surface area contributed by atoms with Crippen molar-refractivity contribution in [3.8, 4) is 0 Å². The number of nitrogens with two attached hydrogens (primary N) is 1. The van der Waals surface area contributed by atoms with Gasteiger partial charge < -0.3 is 5.73 Å². The van der Waals surface area contributed by atoms with Gasteiger partial charge in [0.25, 0.3) is 0 Å². The van der Waals surface area contributed by atoms with Gasteiger partial charge in [-0.05, 0) is 56.0 Å². The van der Waals surface area contributed by atoms with Crippen molar-refractivity contribution in [1.29, 1.82) is 0 Å². The highest BCUT2D eigenvalue weighted by molar-refractivity contribution is 6.42. The van der Waals surface area contributed by atoms with Crippen LogP contribution in [0, 0.1) is 11.8 Å². The minimum atomic E-state index is 0.358. The molecule has 1 aromatic carbocycles. The Morgan fingerprint density at radius 2 is 2.11 bits per heavy atom. The molecule has 106 valence electrons. The first-order chi connectivity index (χ1) is 9.02. The van der Waals surface area contributed by atoms with Crippen LogP contribution >= 0.6 is 23.2 Å². The van der Waals surface area contributed by atoms with Crippen molar-refractivity contribution in [2.24, 2.45) is 17.6 Å². The van der Waals surface area contributed by atoms with Crippen LogP contribution in [0.25, 0.3) is 0 Å². The second-order valence-electron chi connectivity index (χ2n) is 5.61. The molecule has 1 heterocycles. The van der Waals surface area contributed by atoms with E-state index in [9.17, 15) is 0 Å². The molecule has 0 bridgehead atoms. The maximum absolute atomic E-state index is 6.11. The first-order valence-corrected chi connectivity index (χ1v) is 7.67. The third kappa shape index (κ3) is 3.43. The summed E-state index contributed by atoms with van der Waals surface area (Å²) in [6.07, 6.45) is 1.22. The van der Waals surface area contributed by atoms with Crippen LogP contribution < -0.4 is 5.73 Å². The highest BCUT2D eigenvalue weighted by Crippen LogP contribution is 2.32. The average Bonchev–Trinajstić information content (AvgIpc) is 2.41. The number of likely N-dealkylation sites (tertiary alicyclic amines) is 1. The fraction of sp³-hybridized carbons (Fsp3) is 0.600. The lowest BCUT2D eigenvalue weighted by Crippen LogP contribution is -2.43. The summed E-state index contributed by atoms with van der Waals surface area (Å²) in [5, 5.41) is 1.25. The van der Waals surface area contributed by atoms with Crippen molar-refractivity contribution >= 4 is 23.2 Å². The number of piperidine rings is 1. The van der Waals surface area contributed by atoms with Crippen molar-refractivity contribution in [2.45, 2.75) is 26.3 Å². The molecule has 1 aromatic rings. The Morgan fingerprint density at radius 1 is 1.37 bits per heavy atom. The first kappa shape index (κ1) is 15.1. The van der Waals surface area contributed by atoms with Crippen LogP contribution in [0.3, 0.4) is 0 Å². The molecule has 2 N–H and O–H groups in total. The molecule has 1 saturated heterocycles. The summed E-state index contributed by atoms with van der Waals surface area (Å²) in [6, 6.07) is 6.28. The fourth-order valence-corrected chi connectivity index (χ4v) is 3.13. The van der Waals surface area contributed by atoms with Gasteiger partial charge in [0, 0.05) is 12.6 Å². The van der Waals surface area contributed by atoms with Crippen LogP contribution in [-0.4, -0.2) is 24.5 Å². The van der Waals surface area contributed by atoms with Crippen molar-refractivity contribution in [2.75, 3.05) is 19.6 Å². The van der Waals surface area contributed by atoms with Crippen LogP contribution in [-0.2, 0) is 0 Å². The highest BCUT2D eigenvalue weighted by atomic mass is 35.5. The standard InChI is InChI=1S/C15H22Cl2N2/c1-10-5-6-19(9-13(10)8-18)11(2)12-3-4-14(16)15(17)7-12/h3-4,7,10-11,13H,5-6,8-9,18H2,1-2H3. The molecule has 3 unspecified atom stereocenters. The number of hydrogen-bond donors (Lipinski definition) is 1. The van der Waals surface area contributed by atoms with Crippen molar-refractivity contribution < 1.29 is 0 Å². The zero-order valence-corrected chi connectivity index (χ0v) is 13.1. The lowest BCUT2D eigenvalue weighted by molar-refractivity contribution is 0.0978. The van der Waals surface area contributed by atoms with Crippen molar-refractivity contribution in [3.05, 3.63) is 33.8 Å². The fourth-order valence-electron chi connectivity index (χ4n) is 2.82. The van der Waals surface area contributed by atoms with E-state index in [0.29, 0.717) is 22.0 Å². The van der Waals surface area contributed by atoms with Gasteiger partial charge in [-0.25, -0.2) is 0 Å². The number of benzene rings is 1. The van der Waals surface area contributed by atoms with Gasteiger partial charge in [0.05, 0.1) is 10.0 Å². The van der Waals surface area contributed by atoms with E-state index in [1.54, 1.807) is 0 Å². The van der Waals surface area contributed by atoms with Gasteiger partial charge >= 0.3 is 0 Å². The Kier molecular flexibility index (Phi) is 5.13. The molecule has 19 heavy (non-hydrogen) atoms. The lowest BCUT2D eigenvalue weighted by Gasteiger charge is -2.40. The van der Waals surface area contributed by atoms with Crippen LogP contribution in [0.5, 0.6) is 0 Å². The molecular formula is C15H22Cl2N2. The van der Waals surface area contributed by atoms with E-state index in [1.807, 2.05) is 12.1 Å². The molecule has 0 spiro atoms. The van der Waals surface area contributed by atoms with Gasteiger partial charge in [-0.1, -0.05) is 36.2 Å². The predicted octanol–water partition coefficient (Wildman–Crippen LogP) is 3.97. The largest absolute Gasteiger partial charge is 0.330 e. The van der Waals surface area contributed by atoms with E-state index in [1.165, 1.54) is 12.0 Å². The summed E-state index contributed by atoms with van der Waals surface area (Å²) in [5.41, 5.74) is 7.10. The maximum Gasteiger partial charge on any atom is 0.0595 e. The Bertz CT molecular complexity index is 436. The van der Waals surface area contributed by atoms with Gasteiger partial charge in [-0.2, -0.15) is 0 Å². The normalized spacial score (nSPS) is 26.4. The first-order valence-electron chi connectivity index (χ1n) is 6.92. The molecule has 1 aliphatic heterocycles. The molecule has 1 fully saturated rings. The molecule has 0 aliphatic carbocycles. The summed E-state index contributed by atoms with van der Waals surface area (Å²) < 4.78 is 0. The molecular weight excluding hydrogens is 279 g/mol. The van der Waals surface area contributed by atoms with Crippen molar-refractivity contribution in [1.82, 2.24) is 4.90 Å². The lowest BCUT2D eigenvalue weighted by atomic mass is 9.86. The number of hydrogen-bond acceptors (Lipinski definition) is 2. The van der Waals surface area contributed by atoms with Crippen LogP contribution in [0.4, 0.5) is 0 Å². The van der Waals surface area contributed by atoms with Gasteiger partial charge in [0.1, 0.15) is 0 Å². The molecule has 0 amide bonds. The number of rotatable bonds is 3. The van der Waals surface area contributed by atoms with Crippen LogP contribution in [0.2, 0.25) is 10.0 Å². The zero-order chi connectivity index (χ0) is 14.0. The molecule has 0 saturated carbocycles. The van der Waals surface area contributed by atoms with E-state index in [4.69, 9.17) is 28.9 Å². The van der Waals surface area contributed by atoms with Crippen LogP contribution in [0.15, 0.2) is 18.2 Å². The number of halogens is 2. The summed E-state index contributed by atoms with van der Waals surface area (Å²) >= 11 is 12.1. The molecule has 2 nitrogen and oxygen atoms in total. The average molecular weight is 301 g/mol. The summed E-state index contributed by atoms with van der Waals surface area (Å²) in [7, 11) is 0. The smallest absolute Gasteiger partial charge is 0.0595 e. The molecule has 0 radical (unpaired) electrons. The summed E-state index contributed by atoms with van der Waals surface area (Å²) in [5.74, 6) is 1.32. The van der Waals surface area contributed by atoms with Gasteiger partial charge in [0.2, 0.25) is 0 Å². The second kappa shape index (κ2) is 6.45. The Morgan fingerprint density at radius 3 is 2.74 bits per heavy atom. The highest BCUT2D eigenvalue weighted by Gasteiger charge is 2.28. The summed E-state index contributed by atoms with van der Waals surface area (Å²) in [4.78, 5) is 2.50. The second-order valence-corrected chi connectivity index (χ2v) is 6.42.